The van der Waals surface area contributed by atoms with Gasteiger partial charge in [0, 0.05) is 23.6 Å². The normalized spacial score (nSPS) is 11.0. The molecule has 2 heteroatoms. The van der Waals surface area contributed by atoms with E-state index in [0.717, 1.165) is 26.1 Å². The maximum atomic E-state index is 4.01. The number of allylic oxidation sites excluding steroid dienone is 1. The number of nitrogens with zero attached hydrogens (tertiary/aromatic N) is 1. The van der Waals surface area contributed by atoms with Gasteiger partial charge in [-0.05, 0) is 38.1 Å². The maximum Gasteiger partial charge on any atom is 0.0486 e. The van der Waals surface area contributed by atoms with Crippen molar-refractivity contribution in [1.82, 2.24) is 9.88 Å². The Kier molecular flexibility index (Phi) is 4.21. The van der Waals surface area contributed by atoms with Crippen LogP contribution in [0.2, 0.25) is 0 Å². The zero-order valence-corrected chi connectivity index (χ0v) is 11.4. The van der Waals surface area contributed by atoms with Crippen LogP contribution in [0.15, 0.2) is 42.6 Å². The Morgan fingerprint density at radius 3 is 2.83 bits per heavy atom. The molecule has 18 heavy (non-hydrogen) atoms. The minimum absolute atomic E-state index is 0.904. The molecule has 0 aliphatic heterocycles. The first-order chi connectivity index (χ1) is 8.72. The summed E-state index contributed by atoms with van der Waals surface area (Å²) in [6.07, 6.45) is 3.36. The second-order valence-electron chi connectivity index (χ2n) is 4.86. The average molecular weight is 242 g/mol. The molecule has 0 amide bonds. The summed E-state index contributed by atoms with van der Waals surface area (Å²) in [6, 6.07) is 8.62. The van der Waals surface area contributed by atoms with Crippen molar-refractivity contribution < 1.29 is 0 Å². The Balaban J connectivity index is 2.31. The Labute approximate surface area is 109 Å². The molecule has 1 N–H and O–H groups in total. The van der Waals surface area contributed by atoms with E-state index < -0.39 is 0 Å². The van der Waals surface area contributed by atoms with Gasteiger partial charge in [-0.15, -0.1) is 0 Å². The molecular weight excluding hydrogens is 220 g/mol. The fourth-order valence-corrected chi connectivity index (χ4v) is 2.34. The van der Waals surface area contributed by atoms with E-state index in [0.29, 0.717) is 0 Å². The summed E-state index contributed by atoms with van der Waals surface area (Å²) < 4.78 is 2.30. The van der Waals surface area contributed by atoms with Crippen LogP contribution in [0, 0.1) is 0 Å². The van der Waals surface area contributed by atoms with Crippen molar-refractivity contribution in [2.45, 2.75) is 26.8 Å². The van der Waals surface area contributed by atoms with Gasteiger partial charge in [0.1, 0.15) is 0 Å². The van der Waals surface area contributed by atoms with Gasteiger partial charge in [0.2, 0.25) is 0 Å². The smallest absolute Gasteiger partial charge is 0.0486 e. The lowest BCUT2D eigenvalue weighted by atomic mass is 10.1. The zero-order valence-electron chi connectivity index (χ0n) is 11.4. The van der Waals surface area contributed by atoms with Crippen molar-refractivity contribution in [1.29, 1.82) is 0 Å². The second kappa shape index (κ2) is 5.87. The first kappa shape index (κ1) is 12.9. The lowest BCUT2D eigenvalue weighted by Gasteiger charge is -2.03. The zero-order chi connectivity index (χ0) is 13.0. The number of hydrogen-bond donors (Lipinski definition) is 1. The molecule has 1 aromatic carbocycles. The van der Waals surface area contributed by atoms with E-state index in [1.807, 2.05) is 0 Å². The Bertz CT molecular complexity index is 537. The van der Waals surface area contributed by atoms with Crippen molar-refractivity contribution in [2.24, 2.45) is 0 Å². The molecule has 0 fully saturated rings. The molecule has 2 nitrogen and oxygen atoms in total. The van der Waals surface area contributed by atoms with Crippen molar-refractivity contribution in [2.75, 3.05) is 13.1 Å². The Morgan fingerprint density at radius 1 is 1.33 bits per heavy atom. The number of aromatic nitrogens is 1. The molecule has 0 bridgehead atoms. The topological polar surface area (TPSA) is 17.0 Å². The van der Waals surface area contributed by atoms with Crippen molar-refractivity contribution >= 4 is 10.9 Å². The van der Waals surface area contributed by atoms with E-state index >= 15 is 0 Å². The highest BCUT2D eigenvalue weighted by molar-refractivity contribution is 5.84. The number of para-hydroxylation sites is 1. The summed E-state index contributed by atoms with van der Waals surface area (Å²) >= 11 is 0. The highest BCUT2D eigenvalue weighted by Crippen LogP contribution is 2.22. The first-order valence-corrected chi connectivity index (χ1v) is 6.64. The summed E-state index contributed by atoms with van der Waals surface area (Å²) in [5, 5.41) is 4.76. The van der Waals surface area contributed by atoms with E-state index in [-0.39, 0.29) is 0 Å². The third-order valence-electron chi connectivity index (χ3n) is 3.13. The lowest BCUT2D eigenvalue weighted by Crippen LogP contribution is -2.15. The van der Waals surface area contributed by atoms with Gasteiger partial charge in [0.05, 0.1) is 0 Å². The molecule has 0 aliphatic carbocycles. The number of fused-ring (bicyclic) bond motifs is 1. The molecule has 0 saturated carbocycles. The number of benzene rings is 1. The van der Waals surface area contributed by atoms with Crippen LogP contribution < -0.4 is 5.32 Å². The Hall–Kier alpha value is -1.54. The molecule has 0 spiro atoms. The van der Waals surface area contributed by atoms with Crippen LogP contribution in [-0.2, 0) is 13.0 Å². The van der Waals surface area contributed by atoms with Crippen LogP contribution in [0.1, 0.15) is 19.4 Å². The molecular formula is C16H22N2. The molecule has 2 aromatic rings. The SMILES string of the molecule is C=C(C)Cn1cc(CCNCC)c2ccccc21. The summed E-state index contributed by atoms with van der Waals surface area (Å²) in [5.41, 5.74) is 3.92. The second-order valence-corrected chi connectivity index (χ2v) is 4.86. The molecule has 0 radical (unpaired) electrons. The number of nitrogens with one attached hydrogen (secondary N) is 1. The van der Waals surface area contributed by atoms with Crippen LogP contribution in [0.5, 0.6) is 0 Å². The van der Waals surface area contributed by atoms with Crippen molar-refractivity contribution in [3.05, 3.63) is 48.2 Å². The molecule has 1 aromatic heterocycles. The molecule has 0 unspecified atom stereocenters. The van der Waals surface area contributed by atoms with Gasteiger partial charge in [-0.25, -0.2) is 0 Å². The predicted molar refractivity (Wildman–Crippen MR) is 79.0 cm³/mol. The Morgan fingerprint density at radius 2 is 2.11 bits per heavy atom. The van der Waals surface area contributed by atoms with Gasteiger partial charge in [0.15, 0.2) is 0 Å². The van der Waals surface area contributed by atoms with E-state index in [9.17, 15) is 0 Å². The summed E-state index contributed by atoms with van der Waals surface area (Å²) in [4.78, 5) is 0. The standard InChI is InChI=1S/C16H22N2/c1-4-17-10-9-14-12-18(11-13(2)3)16-8-6-5-7-15(14)16/h5-8,12,17H,2,4,9-11H2,1,3H3. The number of hydrogen-bond acceptors (Lipinski definition) is 1. The summed E-state index contributed by atoms with van der Waals surface area (Å²) in [5.74, 6) is 0. The van der Waals surface area contributed by atoms with Gasteiger partial charge in [-0.3, -0.25) is 0 Å². The highest BCUT2D eigenvalue weighted by atomic mass is 15.0. The van der Waals surface area contributed by atoms with E-state index in [1.165, 1.54) is 22.0 Å². The van der Waals surface area contributed by atoms with Gasteiger partial charge < -0.3 is 9.88 Å². The fourth-order valence-electron chi connectivity index (χ4n) is 2.34. The minimum atomic E-state index is 0.904. The lowest BCUT2D eigenvalue weighted by molar-refractivity contribution is 0.715. The summed E-state index contributed by atoms with van der Waals surface area (Å²) in [7, 11) is 0. The van der Waals surface area contributed by atoms with Crippen molar-refractivity contribution in [3.8, 4) is 0 Å². The van der Waals surface area contributed by atoms with Crippen molar-refractivity contribution in [3.63, 3.8) is 0 Å². The third kappa shape index (κ3) is 2.82. The quantitative estimate of drug-likeness (QED) is 0.607. The molecule has 1 heterocycles. The van der Waals surface area contributed by atoms with E-state index in [2.05, 4.69) is 60.8 Å². The molecule has 96 valence electrons. The largest absolute Gasteiger partial charge is 0.343 e. The first-order valence-electron chi connectivity index (χ1n) is 6.64. The van der Waals surface area contributed by atoms with E-state index in [4.69, 9.17) is 0 Å². The summed E-state index contributed by atoms with van der Waals surface area (Å²) in [6.45, 7) is 11.2. The van der Waals surface area contributed by atoms with Crippen LogP contribution >= 0.6 is 0 Å². The minimum Gasteiger partial charge on any atom is -0.343 e. The predicted octanol–water partition coefficient (Wildman–Crippen LogP) is 3.37. The number of rotatable bonds is 6. The molecule has 0 aliphatic rings. The molecule has 0 saturated heterocycles. The van der Waals surface area contributed by atoms with Gasteiger partial charge >= 0.3 is 0 Å². The van der Waals surface area contributed by atoms with Crippen LogP contribution in [0.25, 0.3) is 10.9 Å². The highest BCUT2D eigenvalue weighted by Gasteiger charge is 2.07. The third-order valence-corrected chi connectivity index (χ3v) is 3.13. The maximum absolute atomic E-state index is 4.01. The average Bonchev–Trinajstić information content (AvgIpc) is 2.68. The fraction of sp³-hybridized carbons (Fsp3) is 0.375. The monoisotopic (exact) mass is 242 g/mol. The van der Waals surface area contributed by atoms with Crippen LogP contribution in [0.3, 0.4) is 0 Å². The van der Waals surface area contributed by atoms with Gasteiger partial charge in [-0.2, -0.15) is 0 Å². The van der Waals surface area contributed by atoms with Crippen LogP contribution in [0.4, 0.5) is 0 Å². The van der Waals surface area contributed by atoms with Crippen LogP contribution in [-0.4, -0.2) is 17.7 Å². The van der Waals surface area contributed by atoms with Gasteiger partial charge in [-0.1, -0.05) is 37.3 Å². The number of likely N-dealkylation sites (N-methyl/N-ethyl adjacent to an activating group) is 1. The van der Waals surface area contributed by atoms with Gasteiger partial charge in [0.25, 0.3) is 0 Å². The molecule has 2 rings (SSSR count). The molecule has 0 atom stereocenters. The van der Waals surface area contributed by atoms with E-state index in [1.54, 1.807) is 0 Å².